The number of carbonyl (C=O) groups is 1. The molecule has 5 heteroatoms. The van der Waals surface area contributed by atoms with Gasteiger partial charge >= 0.3 is 0 Å². The molecule has 1 atom stereocenters. The molecule has 0 fully saturated rings. The summed E-state index contributed by atoms with van der Waals surface area (Å²) in [7, 11) is 0. The number of pyridine rings is 1. The molecule has 104 valence electrons. The largest absolute Gasteiger partial charge is 0.395 e. The van der Waals surface area contributed by atoms with Gasteiger partial charge in [-0.25, -0.2) is 0 Å². The number of hydrogen-bond acceptors (Lipinski definition) is 3. The zero-order chi connectivity index (χ0) is 14.4. The molecular weight excluding hydrogens is 276 g/mol. The van der Waals surface area contributed by atoms with Crippen molar-refractivity contribution in [2.45, 2.75) is 12.5 Å². The fourth-order valence-electron chi connectivity index (χ4n) is 1.85. The Morgan fingerprint density at radius 1 is 1.20 bits per heavy atom. The summed E-state index contributed by atoms with van der Waals surface area (Å²) in [5, 5.41) is 12.8. The lowest BCUT2D eigenvalue weighted by Crippen LogP contribution is -2.30. The van der Waals surface area contributed by atoms with Gasteiger partial charge in [-0.1, -0.05) is 23.7 Å². The molecule has 1 aromatic heterocycles. The highest BCUT2D eigenvalue weighted by Crippen LogP contribution is 2.18. The zero-order valence-corrected chi connectivity index (χ0v) is 11.5. The highest BCUT2D eigenvalue weighted by atomic mass is 35.5. The SMILES string of the molecule is O=C(NCc1ccncc1)[C@@H](CO)c1ccc(Cl)cc1. The van der Waals surface area contributed by atoms with Crippen LogP contribution in [0, 0.1) is 0 Å². The van der Waals surface area contributed by atoms with Crippen LogP contribution in [0.4, 0.5) is 0 Å². The van der Waals surface area contributed by atoms with Crippen LogP contribution in [0.5, 0.6) is 0 Å². The topological polar surface area (TPSA) is 62.2 Å². The molecule has 0 aliphatic rings. The third kappa shape index (κ3) is 3.79. The van der Waals surface area contributed by atoms with Gasteiger partial charge in [0.1, 0.15) is 0 Å². The fourth-order valence-corrected chi connectivity index (χ4v) is 1.97. The number of nitrogens with one attached hydrogen (secondary N) is 1. The quantitative estimate of drug-likeness (QED) is 0.887. The van der Waals surface area contributed by atoms with Crippen molar-refractivity contribution < 1.29 is 9.90 Å². The Bertz CT molecular complexity index is 558. The number of amides is 1. The molecule has 2 aromatic rings. The summed E-state index contributed by atoms with van der Waals surface area (Å²) in [6.07, 6.45) is 3.34. The van der Waals surface area contributed by atoms with Gasteiger partial charge in [0.15, 0.2) is 0 Å². The average molecular weight is 291 g/mol. The van der Waals surface area contributed by atoms with Gasteiger partial charge in [0, 0.05) is 24.0 Å². The standard InChI is InChI=1S/C15H15ClN2O2/c16-13-3-1-12(2-4-13)14(10-19)15(20)18-9-11-5-7-17-8-6-11/h1-8,14,19H,9-10H2,(H,18,20)/t14-/m0/s1. The predicted octanol–water partition coefficient (Wildman–Crippen LogP) is 2.13. The lowest BCUT2D eigenvalue weighted by molar-refractivity contribution is -0.123. The second-order valence-electron chi connectivity index (χ2n) is 4.36. The zero-order valence-electron chi connectivity index (χ0n) is 10.8. The molecular formula is C15H15ClN2O2. The summed E-state index contributed by atoms with van der Waals surface area (Å²) in [6, 6.07) is 10.6. The first-order valence-electron chi connectivity index (χ1n) is 6.23. The van der Waals surface area contributed by atoms with Crippen molar-refractivity contribution in [2.75, 3.05) is 6.61 Å². The molecule has 0 aliphatic carbocycles. The van der Waals surface area contributed by atoms with E-state index in [-0.39, 0.29) is 12.5 Å². The van der Waals surface area contributed by atoms with Crippen LogP contribution in [0.1, 0.15) is 17.0 Å². The van der Waals surface area contributed by atoms with Crippen molar-refractivity contribution in [3.63, 3.8) is 0 Å². The van der Waals surface area contributed by atoms with Crippen molar-refractivity contribution in [2.24, 2.45) is 0 Å². The Labute approximate surface area is 122 Å². The number of halogens is 1. The van der Waals surface area contributed by atoms with Gasteiger partial charge in [-0.3, -0.25) is 9.78 Å². The van der Waals surface area contributed by atoms with E-state index >= 15 is 0 Å². The van der Waals surface area contributed by atoms with Crippen LogP contribution in [0.15, 0.2) is 48.8 Å². The number of aromatic nitrogens is 1. The lowest BCUT2D eigenvalue weighted by Gasteiger charge is -2.15. The summed E-state index contributed by atoms with van der Waals surface area (Å²) >= 11 is 5.81. The van der Waals surface area contributed by atoms with Crippen LogP contribution in [-0.2, 0) is 11.3 Å². The number of nitrogens with zero attached hydrogens (tertiary/aromatic N) is 1. The first-order valence-corrected chi connectivity index (χ1v) is 6.61. The van der Waals surface area contributed by atoms with Crippen LogP contribution in [0.25, 0.3) is 0 Å². The van der Waals surface area contributed by atoms with Gasteiger partial charge in [0.05, 0.1) is 12.5 Å². The van der Waals surface area contributed by atoms with Crippen LogP contribution in [0.3, 0.4) is 0 Å². The van der Waals surface area contributed by atoms with E-state index in [0.29, 0.717) is 11.6 Å². The summed E-state index contributed by atoms with van der Waals surface area (Å²) in [6.45, 7) is 0.162. The number of aliphatic hydroxyl groups is 1. The molecule has 0 saturated heterocycles. The van der Waals surface area contributed by atoms with E-state index in [1.807, 2.05) is 12.1 Å². The maximum absolute atomic E-state index is 12.1. The van der Waals surface area contributed by atoms with Gasteiger partial charge in [-0.15, -0.1) is 0 Å². The van der Waals surface area contributed by atoms with Gasteiger partial charge in [0.2, 0.25) is 5.91 Å². The minimum Gasteiger partial charge on any atom is -0.395 e. The van der Waals surface area contributed by atoms with E-state index in [2.05, 4.69) is 10.3 Å². The van der Waals surface area contributed by atoms with Gasteiger partial charge in [0.25, 0.3) is 0 Å². The molecule has 0 saturated carbocycles. The number of hydrogen-bond donors (Lipinski definition) is 2. The number of rotatable bonds is 5. The van der Waals surface area contributed by atoms with E-state index in [9.17, 15) is 9.90 Å². The molecule has 20 heavy (non-hydrogen) atoms. The van der Waals surface area contributed by atoms with E-state index in [1.54, 1.807) is 36.7 Å². The highest BCUT2D eigenvalue weighted by molar-refractivity contribution is 6.30. The molecule has 2 rings (SSSR count). The minimum absolute atomic E-state index is 0.216. The second kappa shape index (κ2) is 7.03. The van der Waals surface area contributed by atoms with Crippen molar-refractivity contribution >= 4 is 17.5 Å². The molecule has 0 bridgehead atoms. The molecule has 1 aromatic carbocycles. The third-order valence-corrected chi connectivity index (χ3v) is 3.24. The fraction of sp³-hybridized carbons (Fsp3) is 0.200. The second-order valence-corrected chi connectivity index (χ2v) is 4.80. The van der Waals surface area contributed by atoms with Crippen molar-refractivity contribution in [3.05, 3.63) is 64.9 Å². The monoisotopic (exact) mass is 290 g/mol. The average Bonchev–Trinajstić information content (AvgIpc) is 2.49. The molecule has 4 nitrogen and oxygen atoms in total. The van der Waals surface area contributed by atoms with Crippen LogP contribution < -0.4 is 5.32 Å². The van der Waals surface area contributed by atoms with Gasteiger partial charge in [-0.2, -0.15) is 0 Å². The first-order chi connectivity index (χ1) is 9.70. The van der Waals surface area contributed by atoms with Gasteiger partial charge in [-0.05, 0) is 35.4 Å². The first kappa shape index (κ1) is 14.5. The maximum Gasteiger partial charge on any atom is 0.230 e. The summed E-state index contributed by atoms with van der Waals surface area (Å²) < 4.78 is 0. The van der Waals surface area contributed by atoms with E-state index in [1.165, 1.54) is 0 Å². The molecule has 1 heterocycles. The summed E-state index contributed by atoms with van der Waals surface area (Å²) in [5.41, 5.74) is 1.70. The molecule has 0 spiro atoms. The van der Waals surface area contributed by atoms with Crippen LogP contribution >= 0.6 is 11.6 Å². The summed E-state index contributed by atoms with van der Waals surface area (Å²) in [5.74, 6) is -0.805. The number of carbonyl (C=O) groups excluding carboxylic acids is 1. The Morgan fingerprint density at radius 3 is 2.45 bits per heavy atom. The minimum atomic E-state index is -0.589. The Morgan fingerprint density at radius 2 is 1.85 bits per heavy atom. The van der Waals surface area contributed by atoms with Crippen LogP contribution in [0.2, 0.25) is 5.02 Å². The van der Waals surface area contributed by atoms with Gasteiger partial charge < -0.3 is 10.4 Å². The molecule has 0 unspecified atom stereocenters. The molecule has 1 amide bonds. The molecule has 2 N–H and O–H groups in total. The smallest absolute Gasteiger partial charge is 0.230 e. The molecule has 0 radical (unpaired) electrons. The predicted molar refractivity (Wildman–Crippen MR) is 77.4 cm³/mol. The Kier molecular flexibility index (Phi) is 5.09. The van der Waals surface area contributed by atoms with E-state index < -0.39 is 5.92 Å². The van der Waals surface area contributed by atoms with Crippen molar-refractivity contribution in [1.29, 1.82) is 0 Å². The van der Waals surface area contributed by atoms with Crippen molar-refractivity contribution in [1.82, 2.24) is 10.3 Å². The van der Waals surface area contributed by atoms with E-state index in [0.717, 1.165) is 11.1 Å². The van der Waals surface area contributed by atoms with Crippen LogP contribution in [-0.4, -0.2) is 22.6 Å². The lowest BCUT2D eigenvalue weighted by atomic mass is 9.99. The number of aliphatic hydroxyl groups excluding tert-OH is 1. The Balaban J connectivity index is 2.00. The number of benzene rings is 1. The Hall–Kier alpha value is -1.91. The maximum atomic E-state index is 12.1. The van der Waals surface area contributed by atoms with E-state index in [4.69, 9.17) is 11.6 Å². The summed E-state index contributed by atoms with van der Waals surface area (Å²) in [4.78, 5) is 16.0. The van der Waals surface area contributed by atoms with Crippen molar-refractivity contribution in [3.8, 4) is 0 Å². The highest BCUT2D eigenvalue weighted by Gasteiger charge is 2.19. The normalized spacial score (nSPS) is 11.9. The molecule has 0 aliphatic heterocycles. The third-order valence-electron chi connectivity index (χ3n) is 2.99.